The van der Waals surface area contributed by atoms with Gasteiger partial charge in [-0.25, -0.2) is 0 Å². The van der Waals surface area contributed by atoms with Crippen molar-refractivity contribution in [2.45, 2.75) is 181 Å². The first kappa shape index (κ1) is 41.5. The molecular formula is C44H68O7. The van der Waals surface area contributed by atoms with E-state index in [0.29, 0.717) is 6.42 Å². The summed E-state index contributed by atoms with van der Waals surface area (Å²) < 4.78 is 30.9. The van der Waals surface area contributed by atoms with Crippen molar-refractivity contribution in [2.24, 2.45) is 5.41 Å². The predicted molar refractivity (Wildman–Crippen MR) is 203 cm³/mol. The van der Waals surface area contributed by atoms with Crippen LogP contribution >= 0.6 is 0 Å². The van der Waals surface area contributed by atoms with Crippen LogP contribution in [0.2, 0.25) is 0 Å². The molecule has 0 radical (unpaired) electrons. The minimum atomic E-state index is -1.09. The second-order valence-corrected chi connectivity index (χ2v) is 16.2. The molecule has 0 spiro atoms. The van der Waals surface area contributed by atoms with Crippen LogP contribution in [0.5, 0.6) is 0 Å². The summed E-state index contributed by atoms with van der Waals surface area (Å²) in [7, 11) is 0. The third-order valence-corrected chi connectivity index (χ3v) is 10.1. The number of benzene rings is 2. The standard InChI is InChI=1S/C44H68O7/c1-6-7-8-9-10-11-12-13-14-15-16-17-18-19-20-21-39(46)47-31-37(45)40-41-38(32-48-42(51-41)35-26-22-33(2)23-27-35)49-43(50-40)36-28-24-34(25-29-36)30-44(3,4)5/h22-29,37-38,40-43,45H,6-21,30-32H2,1-5H3. The van der Waals surface area contributed by atoms with Gasteiger partial charge in [0.2, 0.25) is 0 Å². The van der Waals surface area contributed by atoms with Crippen molar-refractivity contribution in [1.82, 2.24) is 0 Å². The lowest BCUT2D eigenvalue weighted by molar-refractivity contribution is -0.373. The zero-order valence-corrected chi connectivity index (χ0v) is 32.4. The highest BCUT2D eigenvalue weighted by Crippen LogP contribution is 2.39. The van der Waals surface area contributed by atoms with E-state index in [0.717, 1.165) is 42.4 Å². The van der Waals surface area contributed by atoms with Crippen molar-refractivity contribution < 1.29 is 33.6 Å². The fraction of sp³-hybridized carbons (Fsp3) is 0.705. The molecule has 7 heteroatoms. The number of carbonyl (C=O) groups excluding carboxylic acids is 1. The average Bonchev–Trinajstić information content (AvgIpc) is 3.11. The molecule has 6 unspecified atom stereocenters. The van der Waals surface area contributed by atoms with Crippen molar-refractivity contribution in [1.29, 1.82) is 0 Å². The summed E-state index contributed by atoms with van der Waals surface area (Å²) >= 11 is 0. The van der Waals surface area contributed by atoms with Gasteiger partial charge in [-0.15, -0.1) is 0 Å². The highest BCUT2D eigenvalue weighted by Gasteiger charge is 2.48. The van der Waals surface area contributed by atoms with Crippen molar-refractivity contribution in [2.75, 3.05) is 13.2 Å². The molecule has 4 rings (SSSR count). The van der Waals surface area contributed by atoms with E-state index in [1.165, 1.54) is 82.6 Å². The summed E-state index contributed by atoms with van der Waals surface area (Å²) in [4.78, 5) is 12.7. The maximum Gasteiger partial charge on any atom is 0.305 e. The minimum Gasteiger partial charge on any atom is -0.463 e. The second kappa shape index (κ2) is 22.0. The van der Waals surface area contributed by atoms with Crippen LogP contribution in [0.1, 0.15) is 165 Å². The molecule has 0 aliphatic carbocycles. The summed E-state index contributed by atoms with van der Waals surface area (Å²) in [6, 6.07) is 16.3. The summed E-state index contributed by atoms with van der Waals surface area (Å²) in [5.41, 5.74) is 4.30. The number of unbranched alkanes of at least 4 members (excludes halogenated alkanes) is 14. The van der Waals surface area contributed by atoms with Crippen LogP contribution in [0.15, 0.2) is 48.5 Å². The molecule has 2 aliphatic rings. The van der Waals surface area contributed by atoms with Gasteiger partial charge in [0.25, 0.3) is 0 Å². The molecule has 2 aliphatic heterocycles. The fourth-order valence-corrected chi connectivity index (χ4v) is 7.12. The molecule has 51 heavy (non-hydrogen) atoms. The average molecular weight is 709 g/mol. The highest BCUT2D eigenvalue weighted by molar-refractivity contribution is 5.69. The van der Waals surface area contributed by atoms with E-state index in [1.807, 2.05) is 43.3 Å². The van der Waals surface area contributed by atoms with E-state index in [4.69, 9.17) is 23.7 Å². The molecule has 7 nitrogen and oxygen atoms in total. The summed E-state index contributed by atoms with van der Waals surface area (Å²) in [5, 5.41) is 11.4. The van der Waals surface area contributed by atoms with E-state index in [-0.39, 0.29) is 24.6 Å². The first-order valence-electron chi connectivity index (χ1n) is 20.2. The van der Waals surface area contributed by atoms with E-state index < -0.39 is 37.0 Å². The minimum absolute atomic E-state index is 0.165. The molecule has 2 saturated heterocycles. The Morgan fingerprint density at radius 2 is 1.27 bits per heavy atom. The monoisotopic (exact) mass is 708 g/mol. The van der Waals surface area contributed by atoms with Gasteiger partial charge in [0.1, 0.15) is 31.0 Å². The molecule has 2 aromatic rings. The predicted octanol–water partition coefficient (Wildman–Crippen LogP) is 10.6. The van der Waals surface area contributed by atoms with Gasteiger partial charge in [-0.3, -0.25) is 4.79 Å². The Kier molecular flexibility index (Phi) is 17.9. The maximum absolute atomic E-state index is 12.7. The number of aliphatic hydroxyl groups excluding tert-OH is 1. The van der Waals surface area contributed by atoms with Gasteiger partial charge in [-0.2, -0.15) is 0 Å². The SMILES string of the molecule is CCCCCCCCCCCCCCCCCC(=O)OCC(O)C1OC(c2ccc(CC(C)(C)C)cc2)OC2COC(c3ccc(C)cc3)OC21. The van der Waals surface area contributed by atoms with Crippen molar-refractivity contribution >= 4 is 5.97 Å². The first-order valence-corrected chi connectivity index (χ1v) is 20.2. The van der Waals surface area contributed by atoms with E-state index in [9.17, 15) is 9.90 Å². The fourth-order valence-electron chi connectivity index (χ4n) is 7.12. The van der Waals surface area contributed by atoms with Gasteiger partial charge in [-0.05, 0) is 30.7 Å². The lowest BCUT2D eigenvalue weighted by Gasteiger charge is -2.47. The molecule has 0 aromatic heterocycles. The third kappa shape index (κ3) is 14.9. The Balaban J connectivity index is 1.20. The van der Waals surface area contributed by atoms with Gasteiger partial charge in [0, 0.05) is 17.5 Å². The van der Waals surface area contributed by atoms with Crippen LogP contribution in [0.4, 0.5) is 0 Å². The van der Waals surface area contributed by atoms with Crippen LogP contribution in [-0.2, 0) is 34.9 Å². The molecule has 6 atom stereocenters. The Morgan fingerprint density at radius 1 is 0.745 bits per heavy atom. The number of carbonyl (C=O) groups is 1. The van der Waals surface area contributed by atoms with Crippen molar-refractivity contribution in [3.05, 3.63) is 70.8 Å². The second-order valence-electron chi connectivity index (χ2n) is 16.2. The van der Waals surface area contributed by atoms with Gasteiger partial charge in [0.15, 0.2) is 12.6 Å². The molecular weight excluding hydrogens is 640 g/mol. The summed E-state index contributed by atoms with van der Waals surface area (Å²) in [6.07, 6.45) is 16.2. The Bertz CT molecular complexity index is 1240. The van der Waals surface area contributed by atoms with Gasteiger partial charge < -0.3 is 28.8 Å². The summed E-state index contributed by atoms with van der Waals surface area (Å²) in [5.74, 6) is -0.288. The number of fused-ring (bicyclic) bond motifs is 1. The van der Waals surface area contributed by atoms with Crippen molar-refractivity contribution in [3.63, 3.8) is 0 Å². The molecule has 2 fully saturated rings. The lowest BCUT2D eigenvalue weighted by Crippen LogP contribution is -2.58. The number of rotatable bonds is 22. The molecule has 2 aromatic carbocycles. The van der Waals surface area contributed by atoms with Gasteiger partial charge in [-0.1, -0.05) is 172 Å². The Morgan fingerprint density at radius 3 is 1.84 bits per heavy atom. The maximum atomic E-state index is 12.7. The smallest absolute Gasteiger partial charge is 0.305 e. The molecule has 1 N–H and O–H groups in total. The molecule has 0 saturated carbocycles. The zero-order valence-electron chi connectivity index (χ0n) is 32.4. The van der Waals surface area contributed by atoms with E-state index in [2.05, 4.69) is 39.8 Å². The number of hydrogen-bond acceptors (Lipinski definition) is 7. The largest absolute Gasteiger partial charge is 0.463 e. The Labute approximate surface area is 309 Å². The van der Waals surface area contributed by atoms with E-state index in [1.54, 1.807) is 0 Å². The van der Waals surface area contributed by atoms with Gasteiger partial charge in [0.05, 0.1) is 6.61 Å². The zero-order chi connectivity index (χ0) is 36.5. The van der Waals surface area contributed by atoms with Gasteiger partial charge >= 0.3 is 5.97 Å². The van der Waals surface area contributed by atoms with Crippen LogP contribution in [0.25, 0.3) is 0 Å². The van der Waals surface area contributed by atoms with Crippen LogP contribution in [-0.4, -0.2) is 48.7 Å². The number of aliphatic hydroxyl groups is 1. The van der Waals surface area contributed by atoms with Crippen molar-refractivity contribution in [3.8, 4) is 0 Å². The topological polar surface area (TPSA) is 83.5 Å². The Hall–Kier alpha value is -2.29. The van der Waals surface area contributed by atoms with Crippen LogP contribution in [0.3, 0.4) is 0 Å². The quantitative estimate of drug-likeness (QED) is 0.0963. The number of ether oxygens (including phenoxy) is 5. The van der Waals surface area contributed by atoms with Crippen LogP contribution in [0, 0.1) is 12.3 Å². The normalized spacial score (nSPS) is 22.7. The molecule has 0 amide bonds. The molecule has 2 heterocycles. The number of aryl methyl sites for hydroxylation is 1. The number of hydrogen-bond donors (Lipinski definition) is 1. The third-order valence-electron chi connectivity index (χ3n) is 10.1. The molecule has 286 valence electrons. The lowest BCUT2D eigenvalue weighted by atomic mass is 9.88. The van der Waals surface area contributed by atoms with E-state index >= 15 is 0 Å². The molecule has 0 bridgehead atoms. The first-order chi connectivity index (χ1) is 24.6. The highest BCUT2D eigenvalue weighted by atomic mass is 16.8. The van der Waals surface area contributed by atoms with Crippen LogP contribution < -0.4 is 0 Å². The summed E-state index contributed by atoms with van der Waals surface area (Å²) in [6.45, 7) is 11.1. The number of esters is 1.